The van der Waals surface area contributed by atoms with E-state index in [1.165, 1.54) is 16.8 Å². The van der Waals surface area contributed by atoms with Crippen LogP contribution in [-0.2, 0) is 5.41 Å². The van der Waals surface area contributed by atoms with E-state index in [1.807, 2.05) is 0 Å². The second kappa shape index (κ2) is 3.95. The van der Waals surface area contributed by atoms with Gasteiger partial charge in [-0.2, -0.15) is 0 Å². The summed E-state index contributed by atoms with van der Waals surface area (Å²) >= 11 is 0. The van der Waals surface area contributed by atoms with Gasteiger partial charge in [-0.15, -0.1) is 0 Å². The highest BCUT2D eigenvalue weighted by Crippen LogP contribution is 2.51. The Hall–Kier alpha value is -2.09. The van der Waals surface area contributed by atoms with Crippen LogP contribution in [0, 0.1) is 0 Å². The summed E-state index contributed by atoms with van der Waals surface area (Å²) < 4.78 is 0. The Labute approximate surface area is 113 Å². The molecule has 0 saturated heterocycles. The molecule has 0 unspecified atom stereocenters. The van der Waals surface area contributed by atoms with Crippen molar-refractivity contribution in [2.24, 2.45) is 4.99 Å². The van der Waals surface area contributed by atoms with Crippen molar-refractivity contribution in [2.75, 3.05) is 11.9 Å². The van der Waals surface area contributed by atoms with Gasteiger partial charge in [0, 0.05) is 23.9 Å². The van der Waals surface area contributed by atoms with Crippen LogP contribution in [0.15, 0.2) is 59.6 Å². The Balaban J connectivity index is 1.84. The maximum atomic E-state index is 4.78. The third-order valence-electron chi connectivity index (χ3n) is 4.41. The van der Waals surface area contributed by atoms with E-state index >= 15 is 0 Å². The van der Waals surface area contributed by atoms with Crippen molar-refractivity contribution in [3.63, 3.8) is 0 Å². The smallest absolute Gasteiger partial charge is 0.0862 e. The van der Waals surface area contributed by atoms with Gasteiger partial charge in [-0.05, 0) is 23.6 Å². The SMILES string of the molecule is C1=N[C@@H](c2ccccc2)[C@@]2(C1)CNc1ccccc12. The first-order valence-electron chi connectivity index (χ1n) is 6.80. The average molecular weight is 248 g/mol. The molecule has 2 aromatic rings. The number of nitrogens with zero attached hydrogens (tertiary/aromatic N) is 1. The van der Waals surface area contributed by atoms with Crippen molar-refractivity contribution in [1.82, 2.24) is 0 Å². The molecule has 4 rings (SSSR count). The van der Waals surface area contributed by atoms with Gasteiger partial charge in [-0.25, -0.2) is 0 Å². The number of benzene rings is 2. The monoisotopic (exact) mass is 248 g/mol. The van der Waals surface area contributed by atoms with Gasteiger partial charge in [-0.3, -0.25) is 4.99 Å². The zero-order valence-corrected chi connectivity index (χ0v) is 10.7. The lowest BCUT2D eigenvalue weighted by atomic mass is 9.73. The molecule has 2 heterocycles. The number of nitrogens with one attached hydrogen (secondary N) is 1. The summed E-state index contributed by atoms with van der Waals surface area (Å²) in [5.74, 6) is 0. The van der Waals surface area contributed by atoms with Gasteiger partial charge in [0.2, 0.25) is 0 Å². The molecule has 0 saturated carbocycles. The Kier molecular flexibility index (Phi) is 2.25. The van der Waals surface area contributed by atoms with Crippen LogP contribution in [-0.4, -0.2) is 12.8 Å². The molecular formula is C17H16N2. The number of anilines is 1. The molecule has 2 heteroatoms. The van der Waals surface area contributed by atoms with Gasteiger partial charge < -0.3 is 5.32 Å². The highest BCUT2D eigenvalue weighted by Gasteiger charge is 2.47. The van der Waals surface area contributed by atoms with Crippen LogP contribution >= 0.6 is 0 Å². The van der Waals surface area contributed by atoms with Gasteiger partial charge in [-0.1, -0.05) is 48.5 Å². The van der Waals surface area contributed by atoms with Crippen LogP contribution in [0.3, 0.4) is 0 Å². The zero-order chi connectivity index (χ0) is 12.7. The summed E-state index contributed by atoms with van der Waals surface area (Å²) in [5.41, 5.74) is 4.11. The Morgan fingerprint density at radius 1 is 1.00 bits per heavy atom. The van der Waals surface area contributed by atoms with Crippen molar-refractivity contribution in [3.05, 3.63) is 65.7 Å². The molecule has 0 fully saturated rings. The van der Waals surface area contributed by atoms with E-state index in [2.05, 4.69) is 66.1 Å². The van der Waals surface area contributed by atoms with E-state index < -0.39 is 0 Å². The molecule has 0 bridgehead atoms. The summed E-state index contributed by atoms with van der Waals surface area (Å²) in [6.07, 6.45) is 3.12. The first-order chi connectivity index (χ1) is 9.40. The van der Waals surface area contributed by atoms with Gasteiger partial charge in [0.1, 0.15) is 0 Å². The maximum Gasteiger partial charge on any atom is 0.0862 e. The van der Waals surface area contributed by atoms with Crippen LogP contribution in [0.2, 0.25) is 0 Å². The normalized spacial score (nSPS) is 27.5. The lowest BCUT2D eigenvalue weighted by Gasteiger charge is -2.30. The molecule has 0 aliphatic carbocycles. The zero-order valence-electron chi connectivity index (χ0n) is 10.7. The lowest BCUT2D eigenvalue weighted by molar-refractivity contribution is 0.426. The molecule has 19 heavy (non-hydrogen) atoms. The molecule has 94 valence electrons. The van der Waals surface area contributed by atoms with E-state index in [4.69, 9.17) is 4.99 Å². The van der Waals surface area contributed by atoms with E-state index in [9.17, 15) is 0 Å². The van der Waals surface area contributed by atoms with Crippen molar-refractivity contribution >= 4 is 11.9 Å². The van der Waals surface area contributed by atoms with Crippen molar-refractivity contribution in [2.45, 2.75) is 17.9 Å². The second-order valence-electron chi connectivity index (χ2n) is 5.40. The molecule has 2 aromatic carbocycles. The number of para-hydroxylation sites is 1. The maximum absolute atomic E-state index is 4.78. The van der Waals surface area contributed by atoms with Crippen molar-refractivity contribution < 1.29 is 0 Å². The fraction of sp³-hybridized carbons (Fsp3) is 0.235. The van der Waals surface area contributed by atoms with E-state index in [-0.39, 0.29) is 11.5 Å². The van der Waals surface area contributed by atoms with Crippen LogP contribution in [0.4, 0.5) is 5.69 Å². The minimum atomic E-state index is 0.109. The summed E-state index contributed by atoms with van der Waals surface area (Å²) in [5, 5.41) is 3.55. The van der Waals surface area contributed by atoms with Gasteiger partial charge in [0.05, 0.1) is 6.04 Å². The summed E-state index contributed by atoms with van der Waals surface area (Å²) in [7, 11) is 0. The van der Waals surface area contributed by atoms with E-state index in [1.54, 1.807) is 0 Å². The molecule has 1 spiro atoms. The fourth-order valence-electron chi connectivity index (χ4n) is 3.46. The van der Waals surface area contributed by atoms with Crippen LogP contribution < -0.4 is 5.32 Å². The fourth-order valence-corrected chi connectivity index (χ4v) is 3.46. The predicted octanol–water partition coefficient (Wildman–Crippen LogP) is 3.57. The number of rotatable bonds is 1. The molecule has 2 nitrogen and oxygen atoms in total. The average Bonchev–Trinajstić information content (AvgIpc) is 3.07. The topological polar surface area (TPSA) is 24.4 Å². The predicted molar refractivity (Wildman–Crippen MR) is 78.9 cm³/mol. The van der Waals surface area contributed by atoms with Crippen molar-refractivity contribution in [1.29, 1.82) is 0 Å². The molecular weight excluding hydrogens is 232 g/mol. The quantitative estimate of drug-likeness (QED) is 0.819. The second-order valence-corrected chi connectivity index (χ2v) is 5.40. The minimum absolute atomic E-state index is 0.109. The molecule has 2 atom stereocenters. The number of fused-ring (bicyclic) bond motifs is 2. The summed E-state index contributed by atoms with van der Waals surface area (Å²) in [4.78, 5) is 4.78. The Morgan fingerprint density at radius 3 is 2.68 bits per heavy atom. The molecule has 2 aliphatic heterocycles. The summed E-state index contributed by atoms with van der Waals surface area (Å²) in [6.45, 7) is 0.978. The van der Waals surface area contributed by atoms with Crippen molar-refractivity contribution in [3.8, 4) is 0 Å². The summed E-state index contributed by atoms with van der Waals surface area (Å²) in [6, 6.07) is 19.5. The first-order valence-corrected chi connectivity index (χ1v) is 6.80. The molecule has 1 N–H and O–H groups in total. The van der Waals surface area contributed by atoms with E-state index in [0.717, 1.165) is 13.0 Å². The van der Waals surface area contributed by atoms with Crippen LogP contribution in [0.5, 0.6) is 0 Å². The number of aliphatic imine (C=N–C) groups is 1. The minimum Gasteiger partial charge on any atom is -0.384 e. The van der Waals surface area contributed by atoms with Gasteiger partial charge in [0.15, 0.2) is 0 Å². The highest BCUT2D eigenvalue weighted by molar-refractivity contribution is 5.72. The van der Waals surface area contributed by atoms with Crippen LogP contribution in [0.1, 0.15) is 23.6 Å². The van der Waals surface area contributed by atoms with Gasteiger partial charge in [0.25, 0.3) is 0 Å². The lowest BCUT2D eigenvalue weighted by Crippen LogP contribution is -2.32. The third-order valence-corrected chi connectivity index (χ3v) is 4.41. The molecule has 0 radical (unpaired) electrons. The highest BCUT2D eigenvalue weighted by atomic mass is 15.0. The Morgan fingerprint density at radius 2 is 1.79 bits per heavy atom. The number of hydrogen-bond acceptors (Lipinski definition) is 2. The molecule has 0 aromatic heterocycles. The third kappa shape index (κ3) is 1.46. The van der Waals surface area contributed by atoms with Crippen LogP contribution in [0.25, 0.3) is 0 Å². The number of hydrogen-bond donors (Lipinski definition) is 1. The Bertz CT molecular complexity index is 633. The first kappa shape index (κ1) is 10.8. The molecule has 2 aliphatic rings. The van der Waals surface area contributed by atoms with E-state index in [0.29, 0.717) is 0 Å². The molecule has 0 amide bonds. The standard InChI is InChI=1S/C17H16N2/c1-2-6-13(7-3-1)16-17(10-11-18-16)12-19-15-9-5-4-8-14(15)17/h1-9,11,16,19H,10,12H2/t16-,17-/m0/s1. The van der Waals surface area contributed by atoms with Gasteiger partial charge >= 0.3 is 0 Å². The largest absolute Gasteiger partial charge is 0.384 e.